The van der Waals surface area contributed by atoms with Gasteiger partial charge >= 0.3 is 12.1 Å². The Balaban J connectivity index is 0. The highest BCUT2D eigenvalue weighted by atomic mass is 16.6. The number of unbranched alkanes of at least 4 members (excludes halogenated alkanes) is 9. The average molecular weight is 379 g/mol. The van der Waals surface area contributed by atoms with E-state index in [1.54, 1.807) is 0 Å². The molecule has 7 nitrogen and oxygen atoms in total. The molecule has 2 unspecified atom stereocenters. The van der Waals surface area contributed by atoms with Gasteiger partial charge in [-0.3, -0.25) is 4.79 Å². The fraction of sp³-hybridized carbons (Fsp3) is 0.895. The smallest absolute Gasteiger partial charge is 0.481 e. The van der Waals surface area contributed by atoms with Crippen molar-refractivity contribution in [3.63, 3.8) is 0 Å². The first-order chi connectivity index (χ1) is 12.3. The predicted octanol–water partition coefficient (Wildman–Crippen LogP) is 4.50. The summed E-state index contributed by atoms with van der Waals surface area (Å²) in [6.07, 6.45) is 10.3. The maximum Gasteiger partial charge on any atom is 0.503 e. The molecular formula is C19H38O7. The van der Waals surface area contributed by atoms with Crippen LogP contribution in [0.15, 0.2) is 0 Å². The van der Waals surface area contributed by atoms with Gasteiger partial charge < -0.3 is 25.5 Å². The third kappa shape index (κ3) is 24.9. The fourth-order valence-corrected chi connectivity index (χ4v) is 2.68. The molecule has 0 amide bonds. The van der Waals surface area contributed by atoms with Crippen LogP contribution >= 0.6 is 0 Å². The summed E-state index contributed by atoms with van der Waals surface area (Å²) >= 11 is 0. The number of carboxylic acid groups (broad SMARTS) is 3. The van der Waals surface area contributed by atoms with Crippen LogP contribution < -0.4 is 0 Å². The van der Waals surface area contributed by atoms with Gasteiger partial charge in [0.05, 0.1) is 12.2 Å². The van der Waals surface area contributed by atoms with Crippen molar-refractivity contribution >= 4 is 12.1 Å². The number of carboxylic acids is 1. The quantitative estimate of drug-likeness (QED) is 0.250. The molecule has 0 heterocycles. The summed E-state index contributed by atoms with van der Waals surface area (Å²) in [5, 5.41) is 42.3. The Morgan fingerprint density at radius 1 is 0.654 bits per heavy atom. The highest BCUT2D eigenvalue weighted by Crippen LogP contribution is 2.15. The van der Waals surface area contributed by atoms with E-state index in [1.165, 1.54) is 25.7 Å². The zero-order valence-electron chi connectivity index (χ0n) is 16.1. The van der Waals surface area contributed by atoms with Crippen molar-refractivity contribution < 1.29 is 35.1 Å². The summed E-state index contributed by atoms with van der Waals surface area (Å²) in [5.41, 5.74) is 0. The second-order valence-electron chi connectivity index (χ2n) is 6.67. The van der Waals surface area contributed by atoms with Gasteiger partial charge in [0.15, 0.2) is 0 Å². The van der Waals surface area contributed by atoms with Gasteiger partial charge in [0.1, 0.15) is 0 Å². The second-order valence-corrected chi connectivity index (χ2v) is 6.67. The minimum atomic E-state index is -1.83. The van der Waals surface area contributed by atoms with Crippen LogP contribution in [0.3, 0.4) is 0 Å². The highest BCUT2D eigenvalue weighted by molar-refractivity contribution is 5.66. The van der Waals surface area contributed by atoms with Crippen molar-refractivity contribution in [1.29, 1.82) is 0 Å². The van der Waals surface area contributed by atoms with Crippen molar-refractivity contribution in [2.24, 2.45) is 0 Å². The van der Waals surface area contributed by atoms with E-state index in [0.29, 0.717) is 12.8 Å². The number of hydrogen-bond donors (Lipinski definition) is 5. The van der Waals surface area contributed by atoms with Crippen molar-refractivity contribution in [3.8, 4) is 0 Å². The standard InChI is InChI=1S/C18H36O4.CH2O3/c1-2-3-4-5-7-10-13-16(19)17(20)14-11-8-6-9-12-15-18(21)22;2-1(3)4/h16-17,19-20H,2-15H2,1H3,(H,21,22);(H2,2,3,4). The van der Waals surface area contributed by atoms with Gasteiger partial charge in [-0.15, -0.1) is 0 Å². The van der Waals surface area contributed by atoms with E-state index in [2.05, 4.69) is 6.92 Å². The molecule has 0 aromatic carbocycles. The Bertz CT molecular complexity index is 330. The molecule has 0 saturated carbocycles. The van der Waals surface area contributed by atoms with E-state index in [0.717, 1.165) is 44.9 Å². The van der Waals surface area contributed by atoms with E-state index in [-0.39, 0.29) is 6.42 Å². The van der Waals surface area contributed by atoms with E-state index in [1.807, 2.05) is 0 Å². The van der Waals surface area contributed by atoms with Gasteiger partial charge in [-0.1, -0.05) is 71.1 Å². The number of rotatable bonds is 16. The topological polar surface area (TPSA) is 135 Å². The van der Waals surface area contributed by atoms with Crippen LogP contribution in [0.5, 0.6) is 0 Å². The van der Waals surface area contributed by atoms with Gasteiger partial charge in [-0.25, -0.2) is 4.79 Å². The van der Waals surface area contributed by atoms with Crippen LogP contribution in [-0.4, -0.2) is 49.9 Å². The molecule has 5 N–H and O–H groups in total. The van der Waals surface area contributed by atoms with E-state index in [4.69, 9.17) is 20.1 Å². The number of aliphatic carboxylic acids is 1. The molecule has 2 atom stereocenters. The fourth-order valence-electron chi connectivity index (χ4n) is 2.68. The van der Waals surface area contributed by atoms with Gasteiger partial charge in [0.25, 0.3) is 0 Å². The summed E-state index contributed by atoms with van der Waals surface area (Å²) in [7, 11) is 0. The molecule has 26 heavy (non-hydrogen) atoms. The molecule has 7 heteroatoms. The number of carbonyl (C=O) groups is 2. The van der Waals surface area contributed by atoms with Crippen LogP contribution in [0.1, 0.15) is 96.8 Å². The summed E-state index contributed by atoms with van der Waals surface area (Å²) in [5.74, 6) is -0.728. The molecular weight excluding hydrogens is 340 g/mol. The molecule has 156 valence electrons. The van der Waals surface area contributed by atoms with Crippen LogP contribution in [0.4, 0.5) is 4.79 Å². The molecule has 0 fully saturated rings. The Morgan fingerprint density at radius 3 is 1.38 bits per heavy atom. The SMILES string of the molecule is CCCCCCCCC(O)C(O)CCCCCCCC(=O)O.O=C(O)O. The first kappa shape index (κ1) is 26.9. The Labute approximate surface area is 157 Å². The summed E-state index contributed by atoms with van der Waals surface area (Å²) in [6.45, 7) is 2.20. The van der Waals surface area contributed by atoms with E-state index < -0.39 is 24.3 Å². The summed E-state index contributed by atoms with van der Waals surface area (Å²) in [4.78, 5) is 18.9. The zero-order chi connectivity index (χ0) is 20.2. The maximum atomic E-state index is 10.4. The lowest BCUT2D eigenvalue weighted by atomic mass is 9.99. The largest absolute Gasteiger partial charge is 0.503 e. The predicted molar refractivity (Wildman–Crippen MR) is 101 cm³/mol. The molecule has 0 aromatic heterocycles. The highest BCUT2D eigenvalue weighted by Gasteiger charge is 2.15. The average Bonchev–Trinajstić information content (AvgIpc) is 2.55. The number of aliphatic hydroxyl groups is 2. The number of aliphatic hydroxyl groups excluding tert-OH is 2. The van der Waals surface area contributed by atoms with Crippen molar-refractivity contribution in [1.82, 2.24) is 0 Å². The van der Waals surface area contributed by atoms with Crippen molar-refractivity contribution in [2.75, 3.05) is 0 Å². The Hall–Kier alpha value is -1.34. The minimum absolute atomic E-state index is 0.250. The maximum absolute atomic E-state index is 10.4. The third-order valence-electron chi connectivity index (χ3n) is 4.19. The van der Waals surface area contributed by atoms with E-state index >= 15 is 0 Å². The molecule has 0 aliphatic heterocycles. The molecule has 0 saturated heterocycles. The van der Waals surface area contributed by atoms with Crippen LogP contribution in [0, 0.1) is 0 Å². The molecule has 0 aliphatic carbocycles. The molecule has 0 bridgehead atoms. The van der Waals surface area contributed by atoms with Crippen molar-refractivity contribution in [2.45, 2.75) is 109 Å². The zero-order valence-corrected chi connectivity index (χ0v) is 16.1. The first-order valence-electron chi connectivity index (χ1n) is 9.81. The molecule has 0 radical (unpaired) electrons. The van der Waals surface area contributed by atoms with E-state index in [9.17, 15) is 15.0 Å². The lowest BCUT2D eigenvalue weighted by Gasteiger charge is -2.17. The van der Waals surface area contributed by atoms with Gasteiger partial charge in [-0.05, 0) is 19.3 Å². The lowest BCUT2D eigenvalue weighted by molar-refractivity contribution is -0.137. The lowest BCUT2D eigenvalue weighted by Crippen LogP contribution is -2.25. The first-order valence-corrected chi connectivity index (χ1v) is 9.81. The molecule has 0 rings (SSSR count). The third-order valence-corrected chi connectivity index (χ3v) is 4.19. The Kier molecular flexibility index (Phi) is 20.7. The summed E-state index contributed by atoms with van der Waals surface area (Å²) < 4.78 is 0. The molecule has 0 aromatic rings. The van der Waals surface area contributed by atoms with Crippen molar-refractivity contribution in [3.05, 3.63) is 0 Å². The van der Waals surface area contributed by atoms with Crippen LogP contribution in [0.2, 0.25) is 0 Å². The number of hydrogen-bond acceptors (Lipinski definition) is 4. The van der Waals surface area contributed by atoms with Gasteiger partial charge in [0.2, 0.25) is 0 Å². The van der Waals surface area contributed by atoms with Gasteiger partial charge in [0, 0.05) is 6.42 Å². The monoisotopic (exact) mass is 378 g/mol. The normalized spacial score (nSPS) is 12.7. The Morgan fingerprint density at radius 2 is 1.00 bits per heavy atom. The summed E-state index contributed by atoms with van der Waals surface area (Å²) in [6, 6.07) is 0. The molecule has 0 aliphatic rings. The van der Waals surface area contributed by atoms with Crippen LogP contribution in [0.25, 0.3) is 0 Å². The molecule has 0 spiro atoms. The van der Waals surface area contributed by atoms with Gasteiger partial charge in [-0.2, -0.15) is 0 Å². The minimum Gasteiger partial charge on any atom is -0.481 e. The van der Waals surface area contributed by atoms with Crippen LogP contribution in [-0.2, 0) is 4.79 Å². The second kappa shape index (κ2) is 20.0.